The van der Waals surface area contributed by atoms with Crippen LogP contribution in [0.25, 0.3) is 0 Å². The van der Waals surface area contributed by atoms with Crippen LogP contribution in [0.3, 0.4) is 0 Å². The predicted molar refractivity (Wildman–Crippen MR) is 82.9 cm³/mol. The molecular weight excluding hydrogens is 290 g/mol. The van der Waals surface area contributed by atoms with Crippen molar-refractivity contribution in [2.75, 3.05) is 6.54 Å². The van der Waals surface area contributed by atoms with Crippen molar-refractivity contribution in [2.24, 2.45) is 0 Å². The Morgan fingerprint density at radius 3 is 2.86 bits per heavy atom. The van der Waals surface area contributed by atoms with Crippen LogP contribution in [0, 0.1) is 0 Å². The van der Waals surface area contributed by atoms with Crippen molar-refractivity contribution in [3.05, 3.63) is 28.8 Å². The number of nitrogens with zero attached hydrogens (tertiary/aromatic N) is 1. The molecule has 1 heterocycles. The van der Waals surface area contributed by atoms with Crippen molar-refractivity contribution >= 4 is 17.6 Å². The van der Waals surface area contributed by atoms with E-state index in [9.17, 15) is 9.90 Å². The topological polar surface area (TPSA) is 49.8 Å². The molecule has 1 aromatic rings. The van der Waals surface area contributed by atoms with E-state index in [-0.39, 0.29) is 12.1 Å². The molecule has 1 aliphatic rings. The van der Waals surface area contributed by atoms with E-state index in [1.54, 1.807) is 0 Å². The summed E-state index contributed by atoms with van der Waals surface area (Å²) in [6.07, 6.45) is 2.82. The third-order valence-electron chi connectivity index (χ3n) is 3.64. The molecule has 1 N–H and O–H groups in total. The standard InChI is InChI=1S/C16H22ClNO3/c1-11(2)21-15-7-6-12(9-13(15)17)10-18-8-4-3-5-14(18)16(19)20/h6-7,9,11,14H,3-5,8,10H2,1-2H3,(H,19,20). The Morgan fingerprint density at radius 2 is 2.24 bits per heavy atom. The summed E-state index contributed by atoms with van der Waals surface area (Å²) in [7, 11) is 0. The second kappa shape index (κ2) is 7.14. The number of hydrogen-bond acceptors (Lipinski definition) is 3. The third-order valence-corrected chi connectivity index (χ3v) is 3.94. The Balaban J connectivity index is 2.08. The first-order valence-corrected chi connectivity index (χ1v) is 7.77. The largest absolute Gasteiger partial charge is 0.489 e. The van der Waals surface area contributed by atoms with Crippen molar-refractivity contribution in [1.82, 2.24) is 4.90 Å². The van der Waals surface area contributed by atoms with Crippen molar-refractivity contribution < 1.29 is 14.6 Å². The zero-order valence-corrected chi connectivity index (χ0v) is 13.3. The molecule has 0 bridgehead atoms. The summed E-state index contributed by atoms with van der Waals surface area (Å²) in [4.78, 5) is 13.3. The van der Waals surface area contributed by atoms with Gasteiger partial charge in [0.25, 0.3) is 0 Å². The summed E-state index contributed by atoms with van der Waals surface area (Å²) < 4.78 is 5.61. The SMILES string of the molecule is CC(C)Oc1ccc(CN2CCCCC2C(=O)O)cc1Cl. The minimum atomic E-state index is -0.736. The lowest BCUT2D eigenvalue weighted by Crippen LogP contribution is -2.43. The van der Waals surface area contributed by atoms with Crippen LogP contribution in [0.5, 0.6) is 5.75 Å². The highest BCUT2D eigenvalue weighted by molar-refractivity contribution is 6.32. The smallest absolute Gasteiger partial charge is 0.320 e. The van der Waals surface area contributed by atoms with Gasteiger partial charge in [0.2, 0.25) is 0 Å². The van der Waals surface area contributed by atoms with Crippen molar-refractivity contribution in [3.8, 4) is 5.75 Å². The van der Waals surface area contributed by atoms with Gasteiger partial charge in [0, 0.05) is 6.54 Å². The lowest BCUT2D eigenvalue weighted by molar-refractivity contribution is -0.144. The summed E-state index contributed by atoms with van der Waals surface area (Å²) in [5, 5.41) is 9.87. The molecule has 116 valence electrons. The number of piperidine rings is 1. The van der Waals surface area contributed by atoms with Gasteiger partial charge in [-0.2, -0.15) is 0 Å². The number of carbonyl (C=O) groups is 1. The van der Waals surface area contributed by atoms with Crippen molar-refractivity contribution in [3.63, 3.8) is 0 Å². The fourth-order valence-electron chi connectivity index (χ4n) is 2.69. The number of halogens is 1. The Labute approximate surface area is 130 Å². The number of carboxylic acid groups (broad SMARTS) is 1. The molecule has 0 saturated carbocycles. The Bertz CT molecular complexity index is 504. The Morgan fingerprint density at radius 1 is 1.48 bits per heavy atom. The lowest BCUT2D eigenvalue weighted by atomic mass is 10.0. The van der Waals surface area contributed by atoms with Gasteiger partial charge in [-0.15, -0.1) is 0 Å². The fourth-order valence-corrected chi connectivity index (χ4v) is 2.93. The molecule has 0 aromatic heterocycles. The second-order valence-electron chi connectivity index (χ2n) is 5.75. The number of ether oxygens (including phenoxy) is 1. The van der Waals surface area contributed by atoms with Crippen LogP contribution in [0.4, 0.5) is 0 Å². The van der Waals surface area contributed by atoms with Gasteiger partial charge >= 0.3 is 5.97 Å². The predicted octanol–water partition coefficient (Wildman–Crippen LogP) is 3.57. The first-order valence-electron chi connectivity index (χ1n) is 7.39. The Hall–Kier alpha value is -1.26. The van der Waals surface area contributed by atoms with E-state index in [4.69, 9.17) is 16.3 Å². The quantitative estimate of drug-likeness (QED) is 0.903. The zero-order valence-electron chi connectivity index (χ0n) is 12.5. The molecule has 4 nitrogen and oxygen atoms in total. The average molecular weight is 312 g/mol. The molecule has 1 unspecified atom stereocenters. The van der Waals surface area contributed by atoms with Crippen LogP contribution in [-0.2, 0) is 11.3 Å². The summed E-state index contributed by atoms with van der Waals surface area (Å²) in [6, 6.07) is 5.30. The van der Waals surface area contributed by atoms with Gasteiger partial charge in [-0.1, -0.05) is 24.1 Å². The van der Waals surface area contributed by atoms with Crippen LogP contribution < -0.4 is 4.74 Å². The third kappa shape index (κ3) is 4.35. The minimum Gasteiger partial charge on any atom is -0.489 e. The average Bonchev–Trinajstić information content (AvgIpc) is 2.42. The lowest BCUT2D eigenvalue weighted by Gasteiger charge is -2.32. The summed E-state index contributed by atoms with van der Waals surface area (Å²) in [6.45, 7) is 5.34. The van der Waals surface area contributed by atoms with E-state index in [1.165, 1.54) is 0 Å². The van der Waals surface area contributed by atoms with Crippen LogP contribution in [0.2, 0.25) is 5.02 Å². The van der Waals surface area contributed by atoms with Crippen LogP contribution >= 0.6 is 11.6 Å². The van der Waals surface area contributed by atoms with Crippen molar-refractivity contribution in [1.29, 1.82) is 0 Å². The maximum atomic E-state index is 11.3. The first-order chi connectivity index (χ1) is 9.97. The highest BCUT2D eigenvalue weighted by atomic mass is 35.5. The van der Waals surface area contributed by atoms with E-state index in [1.807, 2.05) is 36.9 Å². The number of hydrogen-bond donors (Lipinski definition) is 1. The van der Waals surface area contributed by atoms with Gasteiger partial charge in [-0.05, 0) is 50.9 Å². The van der Waals surface area contributed by atoms with Crippen LogP contribution in [0.15, 0.2) is 18.2 Å². The maximum absolute atomic E-state index is 11.3. The van der Waals surface area contributed by atoms with Gasteiger partial charge < -0.3 is 9.84 Å². The zero-order chi connectivity index (χ0) is 15.4. The summed E-state index contributed by atoms with van der Waals surface area (Å²) in [5.74, 6) is -0.0654. The molecular formula is C16H22ClNO3. The number of carboxylic acids is 1. The molecule has 1 atom stereocenters. The second-order valence-corrected chi connectivity index (χ2v) is 6.16. The molecule has 1 fully saturated rings. The molecule has 5 heteroatoms. The van der Waals surface area contributed by atoms with Crippen LogP contribution in [-0.4, -0.2) is 34.7 Å². The summed E-state index contributed by atoms with van der Waals surface area (Å²) in [5.41, 5.74) is 1.02. The first kappa shape index (κ1) is 16.1. The number of aliphatic carboxylic acids is 1. The molecule has 2 rings (SSSR count). The molecule has 1 saturated heterocycles. The minimum absolute atomic E-state index is 0.0758. The summed E-state index contributed by atoms with van der Waals surface area (Å²) >= 11 is 6.23. The monoisotopic (exact) mass is 311 g/mol. The van der Waals surface area contributed by atoms with E-state index < -0.39 is 5.97 Å². The number of benzene rings is 1. The van der Waals surface area contributed by atoms with Gasteiger partial charge in [-0.3, -0.25) is 9.69 Å². The molecule has 0 spiro atoms. The van der Waals surface area contributed by atoms with E-state index in [0.717, 1.165) is 31.4 Å². The van der Waals surface area contributed by atoms with Gasteiger partial charge in [0.1, 0.15) is 11.8 Å². The van der Waals surface area contributed by atoms with E-state index in [2.05, 4.69) is 0 Å². The molecule has 0 radical (unpaired) electrons. The van der Waals surface area contributed by atoms with E-state index in [0.29, 0.717) is 17.3 Å². The van der Waals surface area contributed by atoms with Gasteiger partial charge in [0.15, 0.2) is 0 Å². The normalized spacial score (nSPS) is 19.7. The number of rotatable bonds is 5. The maximum Gasteiger partial charge on any atom is 0.320 e. The van der Waals surface area contributed by atoms with Crippen LogP contribution in [0.1, 0.15) is 38.7 Å². The molecule has 1 aromatic carbocycles. The molecule has 0 amide bonds. The molecule has 0 aliphatic carbocycles. The van der Waals surface area contributed by atoms with Crippen molar-refractivity contribution in [2.45, 2.75) is 51.8 Å². The number of likely N-dealkylation sites (tertiary alicyclic amines) is 1. The van der Waals surface area contributed by atoms with Gasteiger partial charge in [0.05, 0.1) is 11.1 Å². The fraction of sp³-hybridized carbons (Fsp3) is 0.562. The van der Waals surface area contributed by atoms with Gasteiger partial charge in [-0.25, -0.2) is 0 Å². The Kier molecular flexibility index (Phi) is 5.48. The highest BCUT2D eigenvalue weighted by Crippen LogP contribution is 2.28. The van der Waals surface area contributed by atoms with E-state index >= 15 is 0 Å². The molecule has 21 heavy (non-hydrogen) atoms. The molecule has 1 aliphatic heterocycles. The highest BCUT2D eigenvalue weighted by Gasteiger charge is 2.28.